The van der Waals surface area contributed by atoms with Crippen molar-refractivity contribution in [2.75, 3.05) is 0 Å². The maximum Gasteiger partial charge on any atom is 0.335 e. The second kappa shape index (κ2) is 5.87. The highest BCUT2D eigenvalue weighted by atomic mass is 16.4. The summed E-state index contributed by atoms with van der Waals surface area (Å²) in [6.45, 7) is 0. The molecular weight excluding hydrogens is 274 g/mol. The largest absolute Gasteiger partial charge is 0.478 e. The van der Waals surface area contributed by atoms with Crippen LogP contribution in [0.3, 0.4) is 0 Å². The van der Waals surface area contributed by atoms with E-state index in [0.717, 1.165) is 0 Å². The lowest BCUT2D eigenvalue weighted by Gasteiger charge is -2.06. The van der Waals surface area contributed by atoms with Crippen LogP contribution in [0.15, 0.2) is 53.7 Å². The van der Waals surface area contributed by atoms with Crippen molar-refractivity contribution in [3.63, 3.8) is 0 Å². The van der Waals surface area contributed by atoms with E-state index in [1.807, 2.05) is 0 Å². The molecule has 0 amide bonds. The van der Waals surface area contributed by atoms with E-state index < -0.39 is 11.9 Å². The van der Waals surface area contributed by atoms with Gasteiger partial charge in [-0.3, -0.25) is 0 Å². The fourth-order valence-electron chi connectivity index (χ4n) is 1.82. The van der Waals surface area contributed by atoms with Gasteiger partial charge in [-0.15, -0.1) is 0 Å². The van der Waals surface area contributed by atoms with Gasteiger partial charge in [0.15, 0.2) is 0 Å². The minimum atomic E-state index is -1.05. The van der Waals surface area contributed by atoms with E-state index in [9.17, 15) is 9.59 Å². The Morgan fingerprint density at radius 1 is 0.667 bits per heavy atom. The summed E-state index contributed by atoms with van der Waals surface area (Å²) in [6, 6.07) is 11.7. The van der Waals surface area contributed by atoms with E-state index in [1.54, 1.807) is 0 Å². The fraction of sp³-hybridized carbons (Fsp3) is 0. The van der Waals surface area contributed by atoms with Crippen LogP contribution in [0.2, 0.25) is 0 Å². The van der Waals surface area contributed by atoms with E-state index in [0.29, 0.717) is 11.1 Å². The highest BCUT2D eigenvalue weighted by Gasteiger charge is 2.10. The first-order valence-corrected chi connectivity index (χ1v) is 5.92. The van der Waals surface area contributed by atoms with Gasteiger partial charge in [-0.2, -0.15) is 0 Å². The molecule has 2 aromatic rings. The molecule has 0 saturated carbocycles. The molecule has 0 unspecified atom stereocenters. The van der Waals surface area contributed by atoms with Crippen LogP contribution < -0.4 is 0 Å². The standard InChI is InChI=1S/C15H11NO5/c17-14(18)11-5-1-9(2-6-11)13(16-21)10-3-7-12(8-4-10)15(19)20/h1-8,21H,(H,17,18)(H,19,20). The molecule has 0 atom stereocenters. The number of carboxylic acid groups (broad SMARTS) is 2. The van der Waals surface area contributed by atoms with Gasteiger partial charge in [-0.05, 0) is 24.3 Å². The van der Waals surface area contributed by atoms with Crippen molar-refractivity contribution in [2.45, 2.75) is 0 Å². The number of benzene rings is 2. The van der Waals surface area contributed by atoms with Crippen LogP contribution in [0.5, 0.6) is 0 Å². The van der Waals surface area contributed by atoms with Crippen LogP contribution in [0.4, 0.5) is 0 Å². The van der Waals surface area contributed by atoms with Gasteiger partial charge in [-0.1, -0.05) is 29.4 Å². The van der Waals surface area contributed by atoms with Gasteiger partial charge >= 0.3 is 11.9 Å². The second-order valence-corrected chi connectivity index (χ2v) is 4.21. The van der Waals surface area contributed by atoms with Gasteiger partial charge in [0.1, 0.15) is 5.71 Å². The molecule has 0 saturated heterocycles. The van der Waals surface area contributed by atoms with Crippen LogP contribution >= 0.6 is 0 Å². The van der Waals surface area contributed by atoms with E-state index in [1.165, 1.54) is 48.5 Å². The zero-order chi connectivity index (χ0) is 15.4. The quantitative estimate of drug-likeness (QED) is 0.454. The van der Waals surface area contributed by atoms with Crippen molar-refractivity contribution >= 4 is 17.7 Å². The average molecular weight is 285 g/mol. The van der Waals surface area contributed by atoms with Crippen molar-refractivity contribution in [3.05, 3.63) is 70.8 Å². The average Bonchev–Trinajstić information content (AvgIpc) is 2.49. The smallest absolute Gasteiger partial charge is 0.335 e. The summed E-state index contributed by atoms with van der Waals surface area (Å²) in [7, 11) is 0. The lowest BCUT2D eigenvalue weighted by Crippen LogP contribution is -2.05. The third kappa shape index (κ3) is 3.06. The summed E-state index contributed by atoms with van der Waals surface area (Å²) in [5.74, 6) is -2.09. The molecular formula is C15H11NO5. The first-order chi connectivity index (χ1) is 10.0. The number of carboxylic acids is 2. The maximum atomic E-state index is 10.8. The predicted octanol–water partition coefficient (Wildman–Crippen LogP) is 2.31. The lowest BCUT2D eigenvalue weighted by atomic mass is 10.00. The zero-order valence-electron chi connectivity index (χ0n) is 10.7. The Bertz CT molecular complexity index is 642. The molecule has 3 N–H and O–H groups in total. The SMILES string of the molecule is O=C(O)c1ccc(C(=NO)c2ccc(C(=O)O)cc2)cc1. The molecule has 0 aliphatic heterocycles. The molecule has 21 heavy (non-hydrogen) atoms. The van der Waals surface area contributed by atoms with Crippen LogP contribution in [0, 0.1) is 0 Å². The molecule has 0 aromatic heterocycles. The summed E-state index contributed by atoms with van der Waals surface area (Å²) in [4.78, 5) is 21.6. The molecule has 6 nitrogen and oxygen atoms in total. The lowest BCUT2D eigenvalue weighted by molar-refractivity contribution is 0.0686. The van der Waals surface area contributed by atoms with E-state index in [4.69, 9.17) is 15.4 Å². The van der Waals surface area contributed by atoms with Crippen molar-refractivity contribution in [3.8, 4) is 0 Å². The third-order valence-electron chi connectivity index (χ3n) is 2.91. The summed E-state index contributed by atoms with van der Waals surface area (Å²) in [6.07, 6.45) is 0. The Hall–Kier alpha value is -3.15. The van der Waals surface area contributed by atoms with E-state index in [-0.39, 0.29) is 16.8 Å². The number of oxime groups is 1. The number of carbonyl (C=O) groups is 2. The van der Waals surface area contributed by atoms with Crippen molar-refractivity contribution < 1.29 is 25.0 Å². The molecule has 106 valence electrons. The Morgan fingerprint density at radius 2 is 0.952 bits per heavy atom. The molecule has 0 fully saturated rings. The van der Waals surface area contributed by atoms with Gasteiger partial charge < -0.3 is 15.4 Å². The summed E-state index contributed by atoms with van der Waals surface area (Å²) in [5.41, 5.74) is 1.51. The van der Waals surface area contributed by atoms with Crippen molar-refractivity contribution in [2.24, 2.45) is 5.16 Å². The molecule has 0 aliphatic carbocycles. The van der Waals surface area contributed by atoms with Crippen LogP contribution in [-0.4, -0.2) is 33.1 Å². The first-order valence-electron chi connectivity index (χ1n) is 5.92. The van der Waals surface area contributed by atoms with Gasteiger partial charge in [0, 0.05) is 11.1 Å². The van der Waals surface area contributed by atoms with E-state index in [2.05, 4.69) is 5.16 Å². The van der Waals surface area contributed by atoms with Crippen molar-refractivity contribution in [1.82, 2.24) is 0 Å². The molecule has 2 rings (SSSR count). The normalized spacial score (nSPS) is 9.90. The highest BCUT2D eigenvalue weighted by Crippen LogP contribution is 2.13. The van der Waals surface area contributed by atoms with Gasteiger partial charge in [0.2, 0.25) is 0 Å². The number of hydrogen-bond acceptors (Lipinski definition) is 4. The minimum Gasteiger partial charge on any atom is -0.478 e. The predicted molar refractivity (Wildman–Crippen MR) is 74.2 cm³/mol. The summed E-state index contributed by atoms with van der Waals surface area (Å²) in [5, 5.41) is 30.0. The van der Waals surface area contributed by atoms with Gasteiger partial charge in [0.25, 0.3) is 0 Å². The van der Waals surface area contributed by atoms with E-state index >= 15 is 0 Å². The number of hydrogen-bond donors (Lipinski definition) is 3. The third-order valence-corrected chi connectivity index (χ3v) is 2.91. The fourth-order valence-corrected chi connectivity index (χ4v) is 1.82. The summed E-state index contributed by atoms with van der Waals surface area (Å²) >= 11 is 0. The Labute approximate surface area is 119 Å². The van der Waals surface area contributed by atoms with Crippen LogP contribution in [-0.2, 0) is 0 Å². The molecule has 0 bridgehead atoms. The van der Waals surface area contributed by atoms with Crippen LogP contribution in [0.1, 0.15) is 31.8 Å². The van der Waals surface area contributed by atoms with Crippen molar-refractivity contribution in [1.29, 1.82) is 0 Å². The topological polar surface area (TPSA) is 107 Å². The molecule has 0 spiro atoms. The maximum absolute atomic E-state index is 10.8. The molecule has 0 radical (unpaired) electrons. The Kier molecular flexibility index (Phi) is 3.99. The number of rotatable bonds is 4. The number of aromatic carboxylic acids is 2. The highest BCUT2D eigenvalue weighted by molar-refractivity contribution is 6.13. The summed E-state index contributed by atoms with van der Waals surface area (Å²) < 4.78 is 0. The zero-order valence-corrected chi connectivity index (χ0v) is 10.7. The molecule has 6 heteroatoms. The minimum absolute atomic E-state index is 0.122. The molecule has 0 aliphatic rings. The molecule has 0 heterocycles. The second-order valence-electron chi connectivity index (χ2n) is 4.21. The Morgan fingerprint density at radius 3 is 1.19 bits per heavy atom. The Balaban J connectivity index is 2.35. The van der Waals surface area contributed by atoms with Crippen LogP contribution in [0.25, 0.3) is 0 Å². The first kappa shape index (κ1) is 14.3. The molecule has 2 aromatic carbocycles. The van der Waals surface area contributed by atoms with Gasteiger partial charge in [0.05, 0.1) is 11.1 Å². The van der Waals surface area contributed by atoms with Gasteiger partial charge in [-0.25, -0.2) is 9.59 Å². The monoisotopic (exact) mass is 285 g/mol. The number of nitrogens with zero attached hydrogens (tertiary/aromatic N) is 1.